The summed E-state index contributed by atoms with van der Waals surface area (Å²) in [5.41, 5.74) is 1.29. The minimum atomic E-state index is 0.374. The summed E-state index contributed by atoms with van der Waals surface area (Å²) in [5, 5.41) is 3.64. The third-order valence-corrected chi connectivity index (χ3v) is 4.09. The Labute approximate surface area is 119 Å². The molecule has 2 nitrogen and oxygen atoms in total. The van der Waals surface area contributed by atoms with Crippen LogP contribution in [0.5, 0.6) is 5.75 Å². The van der Waals surface area contributed by atoms with Crippen molar-refractivity contribution >= 4 is 15.9 Å². The van der Waals surface area contributed by atoms with Crippen molar-refractivity contribution in [3.8, 4) is 5.75 Å². The molecule has 2 atom stereocenters. The first-order valence-corrected chi connectivity index (χ1v) is 7.50. The average molecular weight is 314 g/mol. The highest BCUT2D eigenvalue weighted by molar-refractivity contribution is 9.10. The summed E-state index contributed by atoms with van der Waals surface area (Å²) in [6.45, 7) is 7.76. The maximum absolute atomic E-state index is 5.33. The van der Waals surface area contributed by atoms with Crippen LogP contribution in [0.15, 0.2) is 22.7 Å². The molecule has 0 fully saturated rings. The molecule has 3 heteroatoms. The highest BCUT2D eigenvalue weighted by atomic mass is 79.9. The van der Waals surface area contributed by atoms with Crippen LogP contribution in [-0.2, 0) is 0 Å². The van der Waals surface area contributed by atoms with E-state index in [9.17, 15) is 0 Å². The van der Waals surface area contributed by atoms with Gasteiger partial charge in [-0.3, -0.25) is 0 Å². The van der Waals surface area contributed by atoms with Crippen molar-refractivity contribution in [3.63, 3.8) is 0 Å². The Morgan fingerprint density at radius 2 is 2.06 bits per heavy atom. The number of rotatable bonds is 7. The van der Waals surface area contributed by atoms with Gasteiger partial charge in [0.25, 0.3) is 0 Å². The summed E-state index contributed by atoms with van der Waals surface area (Å²) in [7, 11) is 1.71. The maximum Gasteiger partial charge on any atom is 0.119 e. The molecule has 0 spiro atoms. The Bertz CT molecular complexity index is 368. The summed E-state index contributed by atoms with van der Waals surface area (Å²) in [6, 6.07) is 6.56. The molecule has 0 bridgehead atoms. The number of ether oxygens (including phenoxy) is 1. The first-order valence-electron chi connectivity index (χ1n) is 6.70. The van der Waals surface area contributed by atoms with Gasteiger partial charge >= 0.3 is 0 Å². The van der Waals surface area contributed by atoms with Crippen LogP contribution in [0, 0.1) is 5.92 Å². The summed E-state index contributed by atoms with van der Waals surface area (Å²) >= 11 is 3.65. The lowest BCUT2D eigenvalue weighted by Crippen LogP contribution is -2.27. The Hall–Kier alpha value is -0.540. The molecular weight excluding hydrogens is 290 g/mol. The quantitative estimate of drug-likeness (QED) is 0.797. The lowest BCUT2D eigenvalue weighted by Gasteiger charge is -2.26. The second-order valence-corrected chi connectivity index (χ2v) is 5.56. The number of hydrogen-bond acceptors (Lipinski definition) is 2. The zero-order valence-corrected chi connectivity index (χ0v) is 13.4. The van der Waals surface area contributed by atoms with Gasteiger partial charge < -0.3 is 10.1 Å². The van der Waals surface area contributed by atoms with E-state index in [4.69, 9.17) is 4.74 Å². The van der Waals surface area contributed by atoms with Crippen LogP contribution in [0.2, 0.25) is 0 Å². The highest BCUT2D eigenvalue weighted by Crippen LogP contribution is 2.32. The van der Waals surface area contributed by atoms with Crippen LogP contribution in [0.1, 0.15) is 45.2 Å². The van der Waals surface area contributed by atoms with Crippen LogP contribution >= 0.6 is 15.9 Å². The van der Waals surface area contributed by atoms with Crippen molar-refractivity contribution in [2.75, 3.05) is 13.7 Å². The van der Waals surface area contributed by atoms with Crippen molar-refractivity contribution in [1.82, 2.24) is 5.32 Å². The lowest BCUT2D eigenvalue weighted by atomic mass is 9.92. The first-order chi connectivity index (χ1) is 8.63. The van der Waals surface area contributed by atoms with E-state index >= 15 is 0 Å². The predicted molar refractivity (Wildman–Crippen MR) is 81.2 cm³/mol. The Kier molecular flexibility index (Phi) is 6.72. The van der Waals surface area contributed by atoms with Gasteiger partial charge in [-0.1, -0.05) is 43.1 Å². The van der Waals surface area contributed by atoms with Gasteiger partial charge in [0.05, 0.1) is 7.11 Å². The van der Waals surface area contributed by atoms with Crippen LogP contribution in [0.3, 0.4) is 0 Å². The molecule has 0 aliphatic rings. The minimum Gasteiger partial charge on any atom is -0.497 e. The Morgan fingerprint density at radius 1 is 1.33 bits per heavy atom. The SMILES string of the molecule is CCCNC(c1cc(OC)ccc1Br)C(C)CC. The topological polar surface area (TPSA) is 21.3 Å². The highest BCUT2D eigenvalue weighted by Gasteiger charge is 2.20. The molecule has 1 aromatic carbocycles. The maximum atomic E-state index is 5.33. The average Bonchev–Trinajstić information content (AvgIpc) is 2.40. The number of hydrogen-bond donors (Lipinski definition) is 1. The molecule has 1 aromatic rings. The van der Waals surface area contributed by atoms with Crippen molar-refractivity contribution in [3.05, 3.63) is 28.2 Å². The first kappa shape index (κ1) is 15.5. The molecule has 102 valence electrons. The molecule has 0 saturated heterocycles. The van der Waals surface area contributed by atoms with E-state index in [2.05, 4.69) is 54.2 Å². The molecule has 0 amide bonds. The third kappa shape index (κ3) is 3.99. The van der Waals surface area contributed by atoms with E-state index in [-0.39, 0.29) is 0 Å². The van der Waals surface area contributed by atoms with Gasteiger partial charge in [-0.2, -0.15) is 0 Å². The molecule has 0 aliphatic heterocycles. The lowest BCUT2D eigenvalue weighted by molar-refractivity contribution is 0.372. The molecule has 1 rings (SSSR count). The van der Waals surface area contributed by atoms with Gasteiger partial charge in [0.2, 0.25) is 0 Å². The largest absolute Gasteiger partial charge is 0.497 e. The Morgan fingerprint density at radius 3 is 2.61 bits per heavy atom. The van der Waals surface area contributed by atoms with Gasteiger partial charge in [-0.25, -0.2) is 0 Å². The molecule has 0 heterocycles. The molecule has 0 radical (unpaired) electrons. The summed E-state index contributed by atoms with van der Waals surface area (Å²) < 4.78 is 6.48. The fourth-order valence-corrected chi connectivity index (χ4v) is 2.53. The molecule has 18 heavy (non-hydrogen) atoms. The van der Waals surface area contributed by atoms with Crippen molar-refractivity contribution in [2.45, 2.75) is 39.7 Å². The van der Waals surface area contributed by atoms with Crippen molar-refractivity contribution in [2.24, 2.45) is 5.92 Å². The molecule has 0 aromatic heterocycles. The second-order valence-electron chi connectivity index (χ2n) is 4.70. The summed E-state index contributed by atoms with van der Waals surface area (Å²) in [5.74, 6) is 1.51. The fraction of sp³-hybridized carbons (Fsp3) is 0.600. The molecule has 0 aliphatic carbocycles. The number of benzene rings is 1. The second kappa shape index (κ2) is 7.80. The minimum absolute atomic E-state index is 0.374. The van der Waals surface area contributed by atoms with Crippen molar-refractivity contribution < 1.29 is 4.74 Å². The number of methoxy groups -OCH3 is 1. The predicted octanol–water partition coefficient (Wildman–Crippen LogP) is 4.54. The summed E-state index contributed by atoms with van der Waals surface area (Å²) in [4.78, 5) is 0. The number of nitrogens with one attached hydrogen (secondary N) is 1. The fourth-order valence-electron chi connectivity index (χ4n) is 2.04. The van der Waals surface area contributed by atoms with E-state index in [0.717, 1.165) is 29.6 Å². The monoisotopic (exact) mass is 313 g/mol. The van der Waals surface area contributed by atoms with E-state index in [0.29, 0.717) is 12.0 Å². The van der Waals surface area contributed by atoms with Gasteiger partial charge in [0.1, 0.15) is 5.75 Å². The zero-order valence-electron chi connectivity index (χ0n) is 11.8. The van der Waals surface area contributed by atoms with Gasteiger partial charge in [-0.15, -0.1) is 0 Å². The van der Waals surface area contributed by atoms with Crippen LogP contribution in [0.4, 0.5) is 0 Å². The van der Waals surface area contributed by atoms with Crippen molar-refractivity contribution in [1.29, 1.82) is 0 Å². The van der Waals surface area contributed by atoms with Gasteiger partial charge in [-0.05, 0) is 42.6 Å². The molecule has 0 saturated carbocycles. The van der Waals surface area contributed by atoms with E-state index in [1.165, 1.54) is 5.56 Å². The molecule has 1 N–H and O–H groups in total. The van der Waals surface area contributed by atoms with Crippen LogP contribution < -0.4 is 10.1 Å². The third-order valence-electron chi connectivity index (χ3n) is 3.37. The Balaban J connectivity index is 3.02. The van der Waals surface area contributed by atoms with E-state index in [1.54, 1.807) is 7.11 Å². The van der Waals surface area contributed by atoms with Crippen LogP contribution in [0.25, 0.3) is 0 Å². The zero-order chi connectivity index (χ0) is 13.5. The van der Waals surface area contributed by atoms with Gasteiger partial charge in [0.15, 0.2) is 0 Å². The molecular formula is C15H24BrNO. The molecule has 2 unspecified atom stereocenters. The normalized spacial score (nSPS) is 14.3. The smallest absolute Gasteiger partial charge is 0.119 e. The standard InChI is InChI=1S/C15H24BrNO/c1-5-9-17-15(11(3)6-2)13-10-12(18-4)7-8-14(13)16/h7-8,10-11,15,17H,5-6,9H2,1-4H3. The van der Waals surface area contributed by atoms with Crippen LogP contribution in [-0.4, -0.2) is 13.7 Å². The summed E-state index contributed by atoms with van der Waals surface area (Å²) in [6.07, 6.45) is 2.31. The van der Waals surface area contributed by atoms with E-state index in [1.807, 2.05) is 6.07 Å². The van der Waals surface area contributed by atoms with E-state index < -0.39 is 0 Å². The number of halogens is 1. The van der Waals surface area contributed by atoms with Gasteiger partial charge in [0, 0.05) is 10.5 Å².